The number of esters is 1. The number of Topliss-reactive ketones (excluding diaryl/α,β-unsaturated/α-hetero) is 1. The van der Waals surface area contributed by atoms with Gasteiger partial charge in [-0.2, -0.15) is 13.2 Å². The Kier molecular flexibility index (Phi) is 4.88. The van der Waals surface area contributed by atoms with Crippen LogP contribution in [0.2, 0.25) is 0 Å². The molecule has 0 saturated heterocycles. The molecule has 1 N–H and O–H groups in total. The van der Waals surface area contributed by atoms with Crippen LogP contribution in [0.3, 0.4) is 0 Å². The van der Waals surface area contributed by atoms with Crippen molar-refractivity contribution in [3.63, 3.8) is 0 Å². The SMILES string of the molecule is CCOC(=O)[C@](O)(CC(=O)c1ccccc1)C(F)(F)F. The maximum absolute atomic E-state index is 12.9. The fraction of sp³-hybridized carbons (Fsp3) is 0.385. The van der Waals surface area contributed by atoms with Crippen molar-refractivity contribution in [3.8, 4) is 0 Å². The second-order valence-electron chi connectivity index (χ2n) is 4.04. The third-order valence-electron chi connectivity index (χ3n) is 2.59. The highest BCUT2D eigenvalue weighted by Crippen LogP contribution is 2.35. The molecule has 0 amide bonds. The number of carbonyl (C=O) groups is 2. The number of alkyl halides is 3. The molecule has 0 aromatic heterocycles. The van der Waals surface area contributed by atoms with E-state index >= 15 is 0 Å². The lowest BCUT2D eigenvalue weighted by Gasteiger charge is -2.27. The van der Waals surface area contributed by atoms with Crippen molar-refractivity contribution in [1.29, 1.82) is 0 Å². The Hall–Kier alpha value is -1.89. The second kappa shape index (κ2) is 6.04. The Morgan fingerprint density at radius 3 is 2.20 bits per heavy atom. The first-order chi connectivity index (χ1) is 9.22. The zero-order chi connectivity index (χ0) is 15.4. The molecule has 1 atom stereocenters. The molecule has 0 spiro atoms. The van der Waals surface area contributed by atoms with E-state index in [9.17, 15) is 27.9 Å². The minimum absolute atomic E-state index is 0.0283. The number of aliphatic hydroxyl groups is 1. The lowest BCUT2D eigenvalue weighted by Crippen LogP contribution is -2.54. The van der Waals surface area contributed by atoms with Gasteiger partial charge < -0.3 is 9.84 Å². The molecule has 0 aliphatic rings. The van der Waals surface area contributed by atoms with Gasteiger partial charge in [-0.05, 0) is 6.92 Å². The zero-order valence-electron chi connectivity index (χ0n) is 10.6. The van der Waals surface area contributed by atoms with Gasteiger partial charge in [0.05, 0.1) is 13.0 Å². The first-order valence-corrected chi connectivity index (χ1v) is 5.77. The van der Waals surface area contributed by atoms with Gasteiger partial charge in [-0.15, -0.1) is 0 Å². The van der Waals surface area contributed by atoms with E-state index in [0.717, 1.165) is 0 Å². The van der Waals surface area contributed by atoms with Gasteiger partial charge in [0.1, 0.15) is 0 Å². The smallest absolute Gasteiger partial charge is 0.428 e. The van der Waals surface area contributed by atoms with E-state index in [2.05, 4.69) is 4.74 Å². The molecule has 1 aromatic carbocycles. The quantitative estimate of drug-likeness (QED) is 0.666. The minimum Gasteiger partial charge on any atom is -0.464 e. The summed E-state index contributed by atoms with van der Waals surface area (Å²) < 4.78 is 42.8. The molecule has 0 bridgehead atoms. The fourth-order valence-electron chi connectivity index (χ4n) is 1.50. The molecule has 110 valence electrons. The molecule has 1 rings (SSSR count). The Morgan fingerprint density at radius 2 is 1.75 bits per heavy atom. The molecule has 7 heteroatoms. The van der Waals surface area contributed by atoms with Crippen molar-refractivity contribution >= 4 is 11.8 Å². The average molecular weight is 290 g/mol. The molecule has 0 heterocycles. The number of carbonyl (C=O) groups excluding carboxylic acids is 2. The number of benzene rings is 1. The van der Waals surface area contributed by atoms with Crippen LogP contribution in [0.25, 0.3) is 0 Å². The summed E-state index contributed by atoms with van der Waals surface area (Å²) in [6.07, 6.45) is -6.72. The summed E-state index contributed by atoms with van der Waals surface area (Å²) in [6.45, 7) is 0.963. The van der Waals surface area contributed by atoms with Crippen molar-refractivity contribution in [3.05, 3.63) is 35.9 Å². The molecule has 0 unspecified atom stereocenters. The summed E-state index contributed by atoms with van der Waals surface area (Å²) >= 11 is 0. The predicted molar refractivity (Wildman–Crippen MR) is 63.0 cm³/mol. The zero-order valence-corrected chi connectivity index (χ0v) is 10.6. The van der Waals surface area contributed by atoms with E-state index in [1.165, 1.54) is 31.2 Å². The predicted octanol–water partition coefficient (Wildman–Crippen LogP) is 2.12. The van der Waals surface area contributed by atoms with E-state index in [1.54, 1.807) is 6.07 Å². The van der Waals surface area contributed by atoms with E-state index in [-0.39, 0.29) is 12.2 Å². The van der Waals surface area contributed by atoms with Gasteiger partial charge in [-0.25, -0.2) is 4.79 Å². The summed E-state index contributed by atoms with van der Waals surface area (Å²) in [6, 6.07) is 7.10. The van der Waals surface area contributed by atoms with Crippen LogP contribution in [0.1, 0.15) is 23.7 Å². The Balaban J connectivity index is 3.03. The molecule has 4 nitrogen and oxygen atoms in total. The van der Waals surface area contributed by atoms with Crippen LogP contribution in [-0.2, 0) is 9.53 Å². The molecule has 0 fully saturated rings. The second-order valence-corrected chi connectivity index (χ2v) is 4.04. The van der Waals surface area contributed by atoms with Crippen molar-refractivity contribution in [1.82, 2.24) is 0 Å². The molecule has 20 heavy (non-hydrogen) atoms. The molecule has 0 saturated carbocycles. The van der Waals surface area contributed by atoms with Crippen molar-refractivity contribution in [2.24, 2.45) is 0 Å². The van der Waals surface area contributed by atoms with Gasteiger partial charge in [0, 0.05) is 5.56 Å². The topological polar surface area (TPSA) is 63.6 Å². The van der Waals surface area contributed by atoms with Gasteiger partial charge in [0.25, 0.3) is 5.60 Å². The highest BCUT2D eigenvalue weighted by atomic mass is 19.4. The van der Waals surface area contributed by atoms with Crippen LogP contribution in [-0.4, -0.2) is 35.2 Å². The number of rotatable bonds is 5. The summed E-state index contributed by atoms with van der Waals surface area (Å²) in [7, 11) is 0. The number of halogens is 3. The summed E-state index contributed by atoms with van der Waals surface area (Å²) in [5, 5.41) is 9.56. The van der Waals surface area contributed by atoms with Crippen LogP contribution in [0, 0.1) is 0 Å². The van der Waals surface area contributed by atoms with Crippen molar-refractivity contribution in [2.45, 2.75) is 25.1 Å². The van der Waals surface area contributed by atoms with Crippen molar-refractivity contribution < 1.29 is 32.6 Å². The maximum Gasteiger partial charge on any atom is 0.428 e. The first kappa shape index (κ1) is 16.2. The summed E-state index contributed by atoms with van der Waals surface area (Å²) in [4.78, 5) is 23.1. The van der Waals surface area contributed by atoms with Crippen LogP contribution < -0.4 is 0 Å². The van der Waals surface area contributed by atoms with Crippen LogP contribution in [0.5, 0.6) is 0 Å². The largest absolute Gasteiger partial charge is 0.464 e. The first-order valence-electron chi connectivity index (χ1n) is 5.77. The fourth-order valence-corrected chi connectivity index (χ4v) is 1.50. The molecule has 1 aromatic rings. The normalized spacial score (nSPS) is 14.4. The standard InChI is InChI=1S/C13H13F3O4/c1-2-20-11(18)12(19,13(14,15)16)8-10(17)9-6-4-3-5-7-9/h3-7,19H,2,8H2,1H3/t12-/m1/s1. The summed E-state index contributed by atoms with van der Waals surface area (Å²) in [5.41, 5.74) is -3.87. The van der Waals surface area contributed by atoms with Gasteiger partial charge in [0.2, 0.25) is 0 Å². The lowest BCUT2D eigenvalue weighted by molar-refractivity contribution is -0.261. The van der Waals surface area contributed by atoms with E-state index < -0.39 is 30.0 Å². The number of hydrogen-bond donors (Lipinski definition) is 1. The third-order valence-corrected chi connectivity index (χ3v) is 2.59. The summed E-state index contributed by atoms with van der Waals surface area (Å²) in [5.74, 6) is -2.88. The van der Waals surface area contributed by atoms with Gasteiger partial charge in [0.15, 0.2) is 5.78 Å². The van der Waals surface area contributed by atoms with E-state index in [0.29, 0.717) is 0 Å². The van der Waals surface area contributed by atoms with Gasteiger partial charge in [-0.1, -0.05) is 30.3 Å². The average Bonchev–Trinajstić information content (AvgIpc) is 2.38. The number of hydrogen-bond acceptors (Lipinski definition) is 4. The molecule has 0 radical (unpaired) electrons. The molecular formula is C13H13F3O4. The Morgan fingerprint density at radius 1 is 1.20 bits per heavy atom. The Labute approximate surface area is 113 Å². The van der Waals surface area contributed by atoms with E-state index in [4.69, 9.17) is 0 Å². The monoisotopic (exact) mass is 290 g/mol. The lowest BCUT2D eigenvalue weighted by atomic mass is 9.93. The number of ether oxygens (including phenoxy) is 1. The third kappa shape index (κ3) is 3.36. The Bertz CT molecular complexity index is 484. The maximum atomic E-state index is 12.9. The van der Waals surface area contributed by atoms with Crippen LogP contribution in [0.4, 0.5) is 13.2 Å². The van der Waals surface area contributed by atoms with Crippen LogP contribution in [0.15, 0.2) is 30.3 Å². The minimum atomic E-state index is -5.30. The number of ketones is 1. The highest BCUT2D eigenvalue weighted by Gasteiger charge is 2.61. The molecular weight excluding hydrogens is 277 g/mol. The van der Waals surface area contributed by atoms with Gasteiger partial charge in [-0.3, -0.25) is 4.79 Å². The van der Waals surface area contributed by atoms with Gasteiger partial charge >= 0.3 is 12.1 Å². The van der Waals surface area contributed by atoms with Crippen molar-refractivity contribution in [2.75, 3.05) is 6.61 Å². The van der Waals surface area contributed by atoms with E-state index in [1.807, 2.05) is 0 Å². The highest BCUT2D eigenvalue weighted by molar-refractivity contribution is 6.00. The molecule has 0 aliphatic heterocycles. The van der Waals surface area contributed by atoms with Crippen LogP contribution >= 0.6 is 0 Å². The molecule has 0 aliphatic carbocycles.